The van der Waals surface area contributed by atoms with Gasteiger partial charge >= 0.3 is 5.97 Å². The maximum Gasteiger partial charge on any atom is 0.337 e. The van der Waals surface area contributed by atoms with Crippen LogP contribution < -0.4 is 15.4 Å². The molecule has 2 N–H and O–H groups in total. The number of methoxy groups -OCH3 is 2. The molecule has 0 aliphatic heterocycles. The Hall–Kier alpha value is -3.94. The molecule has 142 valence electrons. The second kappa shape index (κ2) is 8.63. The maximum absolute atomic E-state index is 12.4. The number of hydrogen-bond donors (Lipinski definition) is 2. The first-order chi connectivity index (χ1) is 13.6. The van der Waals surface area contributed by atoms with E-state index in [0.29, 0.717) is 28.5 Å². The summed E-state index contributed by atoms with van der Waals surface area (Å²) >= 11 is 0. The molecule has 8 nitrogen and oxygen atoms in total. The number of benzene rings is 2. The summed E-state index contributed by atoms with van der Waals surface area (Å²) in [6, 6.07) is 15.2. The highest BCUT2D eigenvalue weighted by Crippen LogP contribution is 2.18. The summed E-state index contributed by atoms with van der Waals surface area (Å²) in [5.74, 6) is 0.294. The molecule has 0 bridgehead atoms. The van der Waals surface area contributed by atoms with Gasteiger partial charge in [-0.3, -0.25) is 4.79 Å². The number of ether oxygens (including phenoxy) is 2. The van der Waals surface area contributed by atoms with Gasteiger partial charge < -0.3 is 20.1 Å². The number of rotatable bonds is 6. The van der Waals surface area contributed by atoms with E-state index in [9.17, 15) is 9.59 Å². The zero-order chi connectivity index (χ0) is 19.9. The molecular formula is C20H18N4O4. The van der Waals surface area contributed by atoms with Crippen LogP contribution in [-0.4, -0.2) is 36.1 Å². The van der Waals surface area contributed by atoms with Gasteiger partial charge in [-0.1, -0.05) is 6.07 Å². The number of esters is 1. The lowest BCUT2D eigenvalue weighted by atomic mass is 10.2. The Labute approximate surface area is 161 Å². The van der Waals surface area contributed by atoms with Crippen LogP contribution in [0.3, 0.4) is 0 Å². The van der Waals surface area contributed by atoms with Gasteiger partial charge in [0.15, 0.2) is 0 Å². The Morgan fingerprint density at radius 1 is 0.929 bits per heavy atom. The minimum Gasteiger partial charge on any atom is -0.497 e. The average Bonchev–Trinajstić information content (AvgIpc) is 2.74. The molecule has 1 amide bonds. The van der Waals surface area contributed by atoms with Gasteiger partial charge in [0.05, 0.1) is 19.8 Å². The van der Waals surface area contributed by atoms with Crippen molar-refractivity contribution in [3.63, 3.8) is 0 Å². The molecule has 0 aliphatic rings. The molecule has 0 spiro atoms. The van der Waals surface area contributed by atoms with Gasteiger partial charge in [0.2, 0.25) is 0 Å². The summed E-state index contributed by atoms with van der Waals surface area (Å²) in [5, 5.41) is 5.80. The maximum atomic E-state index is 12.4. The van der Waals surface area contributed by atoms with Crippen LogP contribution in [-0.2, 0) is 4.74 Å². The molecule has 0 fully saturated rings. The van der Waals surface area contributed by atoms with Gasteiger partial charge in [0, 0.05) is 17.4 Å². The molecule has 3 aromatic rings. The second-order valence-electron chi connectivity index (χ2n) is 5.67. The van der Waals surface area contributed by atoms with Crippen molar-refractivity contribution in [2.45, 2.75) is 0 Å². The van der Waals surface area contributed by atoms with E-state index < -0.39 is 5.97 Å². The minimum atomic E-state index is -0.439. The molecule has 0 saturated carbocycles. The van der Waals surface area contributed by atoms with Gasteiger partial charge in [-0.2, -0.15) is 0 Å². The first kappa shape index (κ1) is 18.8. The number of nitrogens with one attached hydrogen (secondary N) is 2. The van der Waals surface area contributed by atoms with E-state index in [2.05, 4.69) is 20.6 Å². The van der Waals surface area contributed by atoms with Gasteiger partial charge in [0.25, 0.3) is 5.91 Å². The third kappa shape index (κ3) is 4.61. The molecule has 3 rings (SSSR count). The number of nitrogens with zero attached hydrogens (tertiary/aromatic N) is 2. The highest BCUT2D eigenvalue weighted by molar-refractivity contribution is 6.03. The van der Waals surface area contributed by atoms with Crippen LogP contribution in [0.5, 0.6) is 5.75 Å². The monoisotopic (exact) mass is 378 g/mol. The first-order valence-corrected chi connectivity index (χ1v) is 8.32. The molecule has 0 unspecified atom stereocenters. The third-order valence-electron chi connectivity index (χ3n) is 3.80. The highest BCUT2D eigenvalue weighted by atomic mass is 16.5. The molecule has 0 saturated heterocycles. The lowest BCUT2D eigenvalue weighted by molar-refractivity contribution is 0.0600. The summed E-state index contributed by atoms with van der Waals surface area (Å²) in [4.78, 5) is 32.2. The highest BCUT2D eigenvalue weighted by Gasteiger charge is 2.11. The van der Waals surface area contributed by atoms with Crippen molar-refractivity contribution in [1.29, 1.82) is 0 Å². The van der Waals surface area contributed by atoms with E-state index in [1.807, 2.05) is 0 Å². The second-order valence-corrected chi connectivity index (χ2v) is 5.67. The Balaban J connectivity index is 1.72. The van der Waals surface area contributed by atoms with Gasteiger partial charge in [-0.15, -0.1) is 0 Å². The van der Waals surface area contributed by atoms with Crippen LogP contribution in [0.1, 0.15) is 20.8 Å². The lowest BCUT2D eigenvalue weighted by Gasteiger charge is -2.09. The quantitative estimate of drug-likeness (QED) is 0.635. The van der Waals surface area contributed by atoms with Crippen molar-refractivity contribution in [1.82, 2.24) is 9.97 Å². The Morgan fingerprint density at radius 2 is 1.71 bits per heavy atom. The fraction of sp³-hybridized carbons (Fsp3) is 0.100. The molecule has 1 aromatic heterocycles. The van der Waals surface area contributed by atoms with Gasteiger partial charge in [0.1, 0.15) is 23.6 Å². The smallest absolute Gasteiger partial charge is 0.337 e. The Bertz CT molecular complexity index is 990. The number of carbonyl (C=O) groups is 2. The predicted octanol–water partition coefficient (Wildman–Crippen LogP) is 3.27. The molecule has 2 aromatic carbocycles. The van der Waals surface area contributed by atoms with Crippen molar-refractivity contribution in [3.8, 4) is 5.75 Å². The van der Waals surface area contributed by atoms with Gasteiger partial charge in [-0.25, -0.2) is 14.8 Å². The largest absolute Gasteiger partial charge is 0.497 e. The van der Waals surface area contributed by atoms with Crippen molar-refractivity contribution in [3.05, 3.63) is 72.2 Å². The summed E-state index contributed by atoms with van der Waals surface area (Å²) in [6.07, 6.45) is 1.29. The van der Waals surface area contributed by atoms with Crippen LogP contribution in [0.15, 0.2) is 60.9 Å². The zero-order valence-corrected chi connectivity index (χ0v) is 15.3. The molecule has 28 heavy (non-hydrogen) atoms. The van der Waals surface area contributed by atoms with E-state index in [4.69, 9.17) is 9.47 Å². The van der Waals surface area contributed by atoms with Crippen LogP contribution in [0.25, 0.3) is 0 Å². The molecule has 1 heterocycles. The average molecular weight is 378 g/mol. The standard InChI is InChI=1S/C20H18N4O4/c1-27-16-8-6-14(7-9-16)24-19(25)17-11-18(22-12-21-17)23-15-5-3-4-13(10-15)20(26)28-2/h3-12H,1-2H3,(H,24,25)(H,21,22,23). The van der Waals surface area contributed by atoms with Crippen LogP contribution in [0.2, 0.25) is 0 Å². The Kier molecular flexibility index (Phi) is 5.81. The number of amides is 1. The predicted molar refractivity (Wildman–Crippen MR) is 104 cm³/mol. The van der Waals surface area contributed by atoms with E-state index in [-0.39, 0.29) is 11.6 Å². The molecule has 0 atom stereocenters. The van der Waals surface area contributed by atoms with Crippen molar-refractivity contribution in [2.75, 3.05) is 24.9 Å². The molecular weight excluding hydrogens is 360 g/mol. The third-order valence-corrected chi connectivity index (χ3v) is 3.80. The normalized spacial score (nSPS) is 10.1. The first-order valence-electron chi connectivity index (χ1n) is 8.32. The van der Waals surface area contributed by atoms with Crippen molar-refractivity contribution < 1.29 is 19.1 Å². The van der Waals surface area contributed by atoms with Crippen LogP contribution in [0.4, 0.5) is 17.2 Å². The zero-order valence-electron chi connectivity index (χ0n) is 15.3. The fourth-order valence-electron chi connectivity index (χ4n) is 2.41. The molecule has 0 aliphatic carbocycles. The summed E-state index contributed by atoms with van der Waals surface area (Å²) in [6.45, 7) is 0. The number of hydrogen-bond acceptors (Lipinski definition) is 7. The van der Waals surface area contributed by atoms with E-state index in [0.717, 1.165) is 0 Å². The lowest BCUT2D eigenvalue weighted by Crippen LogP contribution is -2.14. The molecule has 0 radical (unpaired) electrons. The Morgan fingerprint density at radius 3 is 2.43 bits per heavy atom. The van der Waals surface area contributed by atoms with Crippen LogP contribution in [0, 0.1) is 0 Å². The fourth-order valence-corrected chi connectivity index (χ4v) is 2.41. The van der Waals surface area contributed by atoms with E-state index in [1.54, 1.807) is 55.6 Å². The van der Waals surface area contributed by atoms with E-state index >= 15 is 0 Å². The summed E-state index contributed by atoms with van der Waals surface area (Å²) < 4.78 is 9.80. The molecule has 8 heteroatoms. The van der Waals surface area contributed by atoms with Crippen molar-refractivity contribution >= 4 is 29.1 Å². The number of aromatic nitrogens is 2. The van der Waals surface area contributed by atoms with Crippen molar-refractivity contribution in [2.24, 2.45) is 0 Å². The SMILES string of the molecule is COC(=O)c1cccc(Nc2cc(C(=O)Nc3ccc(OC)cc3)ncn2)c1. The number of carbonyl (C=O) groups excluding carboxylic acids is 2. The minimum absolute atomic E-state index is 0.192. The number of anilines is 3. The summed E-state index contributed by atoms with van der Waals surface area (Å²) in [5.41, 5.74) is 1.84. The van der Waals surface area contributed by atoms with Gasteiger partial charge in [-0.05, 0) is 42.5 Å². The van der Waals surface area contributed by atoms with E-state index in [1.165, 1.54) is 19.5 Å². The van der Waals surface area contributed by atoms with Crippen LogP contribution >= 0.6 is 0 Å². The summed E-state index contributed by atoms with van der Waals surface area (Å²) in [7, 11) is 2.89. The topological polar surface area (TPSA) is 102 Å².